The molecule has 0 bridgehead atoms. The van der Waals surface area contributed by atoms with Crippen molar-refractivity contribution in [2.75, 3.05) is 0 Å². The molecular weight excluding hydrogens is 326 g/mol. The smallest absolute Gasteiger partial charge is 0.223 e. The fourth-order valence-electron chi connectivity index (χ4n) is 2.90. The van der Waals surface area contributed by atoms with Gasteiger partial charge in [-0.2, -0.15) is 0 Å². The molecule has 1 atom stereocenters. The van der Waals surface area contributed by atoms with Crippen molar-refractivity contribution in [2.24, 2.45) is 0 Å². The van der Waals surface area contributed by atoms with Crippen molar-refractivity contribution in [1.29, 1.82) is 0 Å². The van der Waals surface area contributed by atoms with Crippen molar-refractivity contribution >= 4 is 5.91 Å². The quantitative estimate of drug-likeness (QED) is 0.689. The number of rotatable bonds is 7. The van der Waals surface area contributed by atoms with Crippen molar-refractivity contribution < 1.29 is 9.90 Å². The first-order valence-corrected chi connectivity index (χ1v) is 8.61. The molecule has 0 aliphatic heterocycles. The fourth-order valence-corrected chi connectivity index (χ4v) is 2.90. The number of amides is 1. The van der Waals surface area contributed by atoms with Crippen LogP contribution in [0.25, 0.3) is 0 Å². The molecule has 2 N–H and O–H groups in total. The first-order chi connectivity index (χ1) is 12.5. The molecule has 1 aromatic heterocycles. The summed E-state index contributed by atoms with van der Waals surface area (Å²) in [5.74, 6) is -0.182. The van der Waals surface area contributed by atoms with Crippen molar-refractivity contribution in [3.63, 3.8) is 0 Å². The summed E-state index contributed by atoms with van der Waals surface area (Å²) in [6, 6.07) is 17.3. The lowest BCUT2D eigenvalue weighted by molar-refractivity contribution is -0.126. The van der Waals surface area contributed by atoms with E-state index in [0.29, 0.717) is 6.54 Å². The maximum Gasteiger partial charge on any atom is 0.223 e. The zero-order valence-electron chi connectivity index (χ0n) is 14.8. The molecule has 26 heavy (non-hydrogen) atoms. The number of hydrogen-bond donors (Lipinski definition) is 2. The van der Waals surface area contributed by atoms with Gasteiger partial charge >= 0.3 is 0 Å². The lowest BCUT2D eigenvalue weighted by atomic mass is 9.92. The Morgan fingerprint density at radius 3 is 2.65 bits per heavy atom. The number of imidazole rings is 1. The van der Waals surface area contributed by atoms with Crippen molar-refractivity contribution in [1.82, 2.24) is 14.9 Å². The van der Waals surface area contributed by atoms with Gasteiger partial charge in [0.05, 0.1) is 18.3 Å². The molecule has 0 saturated heterocycles. The Hall–Kier alpha value is -2.92. The van der Waals surface area contributed by atoms with E-state index in [0.717, 1.165) is 23.2 Å². The van der Waals surface area contributed by atoms with Gasteiger partial charge in [0.1, 0.15) is 0 Å². The maximum atomic E-state index is 12.3. The van der Waals surface area contributed by atoms with Gasteiger partial charge in [-0.05, 0) is 23.6 Å². The average Bonchev–Trinajstić information content (AvgIpc) is 3.14. The number of carbonyl (C=O) groups is 1. The normalized spacial score (nSPS) is 13.2. The summed E-state index contributed by atoms with van der Waals surface area (Å²) in [7, 11) is 0. The fraction of sp³-hybridized carbons (Fsp3) is 0.238. The van der Waals surface area contributed by atoms with Gasteiger partial charge in [0.25, 0.3) is 0 Å². The number of benzene rings is 2. The van der Waals surface area contributed by atoms with Crippen LogP contribution in [0.1, 0.15) is 30.0 Å². The van der Waals surface area contributed by atoms with E-state index in [-0.39, 0.29) is 12.3 Å². The minimum absolute atomic E-state index is 0.0196. The SMILES string of the molecule is CC(O)(CC(=O)NCc1cccc(Cn2ccnc2)c1)c1ccccc1. The Balaban J connectivity index is 1.56. The largest absolute Gasteiger partial charge is 0.385 e. The third-order valence-corrected chi connectivity index (χ3v) is 4.31. The van der Waals surface area contributed by atoms with E-state index in [4.69, 9.17) is 0 Å². The third kappa shape index (κ3) is 4.80. The number of aromatic nitrogens is 2. The highest BCUT2D eigenvalue weighted by Crippen LogP contribution is 2.23. The third-order valence-electron chi connectivity index (χ3n) is 4.31. The Kier molecular flexibility index (Phi) is 5.49. The minimum Gasteiger partial charge on any atom is -0.385 e. The molecule has 0 spiro atoms. The first-order valence-electron chi connectivity index (χ1n) is 8.61. The molecular formula is C21H23N3O2. The number of nitrogens with one attached hydrogen (secondary N) is 1. The molecule has 3 aromatic rings. The lowest BCUT2D eigenvalue weighted by Gasteiger charge is -2.23. The van der Waals surface area contributed by atoms with Gasteiger partial charge in [0, 0.05) is 25.5 Å². The predicted octanol–water partition coefficient (Wildman–Crippen LogP) is 2.85. The number of hydrogen-bond acceptors (Lipinski definition) is 3. The summed E-state index contributed by atoms with van der Waals surface area (Å²) < 4.78 is 1.99. The summed E-state index contributed by atoms with van der Waals surface area (Å²) in [6.45, 7) is 2.83. The molecule has 0 saturated carbocycles. The van der Waals surface area contributed by atoms with Crippen LogP contribution in [0.15, 0.2) is 73.3 Å². The van der Waals surface area contributed by atoms with Crippen LogP contribution in [0.3, 0.4) is 0 Å². The van der Waals surface area contributed by atoms with Gasteiger partial charge in [-0.3, -0.25) is 4.79 Å². The highest BCUT2D eigenvalue weighted by molar-refractivity contribution is 5.77. The van der Waals surface area contributed by atoms with Gasteiger partial charge in [-0.15, -0.1) is 0 Å². The zero-order chi connectivity index (χ0) is 18.4. The second-order valence-corrected chi connectivity index (χ2v) is 6.65. The van der Waals surface area contributed by atoms with Crippen molar-refractivity contribution in [3.8, 4) is 0 Å². The van der Waals surface area contributed by atoms with Crippen LogP contribution in [-0.2, 0) is 23.5 Å². The van der Waals surface area contributed by atoms with E-state index >= 15 is 0 Å². The Labute approximate surface area is 153 Å². The highest BCUT2D eigenvalue weighted by Gasteiger charge is 2.26. The van der Waals surface area contributed by atoms with E-state index in [9.17, 15) is 9.90 Å². The maximum absolute atomic E-state index is 12.3. The molecule has 2 aromatic carbocycles. The van der Waals surface area contributed by atoms with Gasteiger partial charge in [-0.1, -0.05) is 54.6 Å². The summed E-state index contributed by atoms with van der Waals surface area (Å²) in [5, 5.41) is 13.5. The molecule has 0 aliphatic carbocycles. The highest BCUT2D eigenvalue weighted by atomic mass is 16.3. The molecule has 3 rings (SSSR count). The van der Waals surface area contributed by atoms with E-state index in [2.05, 4.69) is 16.4 Å². The standard InChI is InChI=1S/C21H23N3O2/c1-21(26,19-8-3-2-4-9-19)13-20(25)23-14-17-6-5-7-18(12-17)15-24-11-10-22-16-24/h2-12,16,26H,13-15H2,1H3,(H,23,25). The van der Waals surface area contributed by atoms with E-state index in [1.165, 1.54) is 0 Å². The van der Waals surface area contributed by atoms with Gasteiger partial charge in [0.2, 0.25) is 5.91 Å². The van der Waals surface area contributed by atoms with Crippen molar-refractivity contribution in [3.05, 3.63) is 90.0 Å². The van der Waals surface area contributed by atoms with Crippen molar-refractivity contribution in [2.45, 2.75) is 32.0 Å². The van der Waals surface area contributed by atoms with Crippen LogP contribution in [0.5, 0.6) is 0 Å². The van der Waals surface area contributed by atoms with Crippen LogP contribution < -0.4 is 5.32 Å². The topological polar surface area (TPSA) is 67.2 Å². The van der Waals surface area contributed by atoms with E-state index in [1.54, 1.807) is 19.4 Å². The van der Waals surface area contributed by atoms with Crippen LogP contribution >= 0.6 is 0 Å². The summed E-state index contributed by atoms with van der Waals surface area (Å²) >= 11 is 0. The van der Waals surface area contributed by atoms with E-state index in [1.807, 2.05) is 59.3 Å². The molecule has 0 fully saturated rings. The Bertz CT molecular complexity index is 843. The Morgan fingerprint density at radius 1 is 1.15 bits per heavy atom. The predicted molar refractivity (Wildman–Crippen MR) is 100 cm³/mol. The molecule has 134 valence electrons. The van der Waals surface area contributed by atoms with Crippen LogP contribution in [0, 0.1) is 0 Å². The molecule has 1 unspecified atom stereocenters. The number of aliphatic hydroxyl groups is 1. The summed E-state index contributed by atoms with van der Waals surface area (Å²) in [4.78, 5) is 16.3. The summed E-state index contributed by atoms with van der Waals surface area (Å²) in [6.07, 6.45) is 5.47. The molecule has 0 radical (unpaired) electrons. The number of nitrogens with zero attached hydrogens (tertiary/aromatic N) is 2. The Morgan fingerprint density at radius 2 is 1.92 bits per heavy atom. The minimum atomic E-state index is -1.19. The van der Waals surface area contributed by atoms with Gasteiger partial charge in [-0.25, -0.2) is 4.98 Å². The first kappa shape index (κ1) is 17.9. The average molecular weight is 349 g/mol. The lowest BCUT2D eigenvalue weighted by Crippen LogP contribution is -2.32. The van der Waals surface area contributed by atoms with Gasteiger partial charge < -0.3 is 15.0 Å². The van der Waals surface area contributed by atoms with Crippen LogP contribution in [-0.4, -0.2) is 20.6 Å². The second kappa shape index (κ2) is 7.97. The van der Waals surface area contributed by atoms with Gasteiger partial charge in [0.15, 0.2) is 0 Å². The van der Waals surface area contributed by atoms with Crippen LogP contribution in [0.2, 0.25) is 0 Å². The second-order valence-electron chi connectivity index (χ2n) is 6.65. The molecule has 5 heteroatoms. The molecule has 1 amide bonds. The van der Waals surface area contributed by atoms with Crippen LogP contribution in [0.4, 0.5) is 0 Å². The number of carbonyl (C=O) groups excluding carboxylic acids is 1. The molecule has 1 heterocycles. The molecule has 0 aliphatic rings. The van der Waals surface area contributed by atoms with E-state index < -0.39 is 5.60 Å². The molecule has 5 nitrogen and oxygen atoms in total. The monoisotopic (exact) mass is 349 g/mol. The summed E-state index contributed by atoms with van der Waals surface area (Å²) in [5.41, 5.74) is 1.72. The zero-order valence-corrected chi connectivity index (χ0v) is 14.8.